The van der Waals surface area contributed by atoms with Gasteiger partial charge in [0.25, 0.3) is 0 Å². The van der Waals surface area contributed by atoms with Crippen molar-refractivity contribution in [3.63, 3.8) is 0 Å². The van der Waals surface area contributed by atoms with Gasteiger partial charge in [-0.1, -0.05) is 3.89 Å². The molecule has 0 fully saturated rings. The Hall–Kier alpha value is -0.490. The van der Waals surface area contributed by atoms with Crippen molar-refractivity contribution >= 4 is 26.2 Å². The standard InChI is InChI=1S/C5H3BrFNO2S/c6-4-1-2-5(8-3-4)11(7,9)10/h1-3H. The highest BCUT2D eigenvalue weighted by atomic mass is 79.9. The average molecular weight is 240 g/mol. The first kappa shape index (κ1) is 8.61. The second kappa shape index (κ2) is 2.86. The van der Waals surface area contributed by atoms with Gasteiger partial charge in [-0.15, -0.1) is 0 Å². The fraction of sp³-hybridized carbons (Fsp3) is 0. The number of rotatable bonds is 1. The molecule has 0 amide bonds. The normalized spacial score (nSPS) is 11.5. The maximum absolute atomic E-state index is 12.1. The molecule has 6 heteroatoms. The Kier molecular flexibility index (Phi) is 2.24. The molecule has 1 aromatic rings. The summed E-state index contributed by atoms with van der Waals surface area (Å²) in [6.07, 6.45) is 1.21. The van der Waals surface area contributed by atoms with Crippen LogP contribution in [0.1, 0.15) is 0 Å². The summed E-state index contributed by atoms with van der Waals surface area (Å²) in [5.74, 6) is 0. The number of aromatic nitrogens is 1. The zero-order chi connectivity index (χ0) is 8.48. The number of hydrogen-bond donors (Lipinski definition) is 0. The lowest BCUT2D eigenvalue weighted by Crippen LogP contribution is -1.94. The van der Waals surface area contributed by atoms with Gasteiger partial charge in [-0.05, 0) is 28.1 Å². The zero-order valence-electron chi connectivity index (χ0n) is 5.16. The maximum Gasteiger partial charge on any atom is 0.349 e. The van der Waals surface area contributed by atoms with Crippen LogP contribution in [0.25, 0.3) is 0 Å². The largest absolute Gasteiger partial charge is 0.349 e. The molecule has 0 radical (unpaired) electrons. The maximum atomic E-state index is 12.1. The van der Waals surface area contributed by atoms with Crippen LogP contribution in [0.4, 0.5) is 3.89 Å². The lowest BCUT2D eigenvalue weighted by molar-refractivity contribution is 0.548. The third-order valence-electron chi connectivity index (χ3n) is 0.950. The summed E-state index contributed by atoms with van der Waals surface area (Å²) in [5.41, 5.74) is 0. The molecule has 0 aromatic carbocycles. The van der Waals surface area contributed by atoms with Crippen molar-refractivity contribution < 1.29 is 12.3 Å². The van der Waals surface area contributed by atoms with E-state index in [0.29, 0.717) is 4.47 Å². The Balaban J connectivity index is 3.20. The van der Waals surface area contributed by atoms with Gasteiger partial charge in [-0.3, -0.25) is 0 Å². The Morgan fingerprint density at radius 3 is 2.45 bits per heavy atom. The van der Waals surface area contributed by atoms with E-state index in [4.69, 9.17) is 0 Å². The SMILES string of the molecule is O=S(=O)(F)c1ccc(Br)cn1. The van der Waals surface area contributed by atoms with Gasteiger partial charge in [-0.25, -0.2) is 4.98 Å². The van der Waals surface area contributed by atoms with Crippen LogP contribution in [-0.2, 0) is 10.2 Å². The smallest absolute Gasteiger partial charge is 0.241 e. The number of halogens is 2. The Labute approximate surface area is 71.6 Å². The molecule has 11 heavy (non-hydrogen) atoms. The number of hydrogen-bond acceptors (Lipinski definition) is 3. The predicted molar refractivity (Wildman–Crippen MR) is 40.2 cm³/mol. The lowest BCUT2D eigenvalue weighted by Gasteiger charge is -1.91. The van der Waals surface area contributed by atoms with Gasteiger partial charge >= 0.3 is 10.2 Å². The summed E-state index contributed by atoms with van der Waals surface area (Å²) in [4.78, 5) is 3.34. The van der Waals surface area contributed by atoms with E-state index in [0.717, 1.165) is 6.07 Å². The van der Waals surface area contributed by atoms with Gasteiger partial charge < -0.3 is 0 Å². The molecule has 60 valence electrons. The minimum Gasteiger partial charge on any atom is -0.241 e. The van der Waals surface area contributed by atoms with Crippen LogP contribution in [-0.4, -0.2) is 13.4 Å². The molecule has 0 unspecified atom stereocenters. The van der Waals surface area contributed by atoms with Gasteiger partial charge in [0.2, 0.25) is 0 Å². The Morgan fingerprint density at radius 2 is 2.09 bits per heavy atom. The Bertz CT molecular complexity index is 347. The predicted octanol–water partition coefficient (Wildman–Crippen LogP) is 1.50. The second-order valence-corrected chi connectivity index (χ2v) is 3.96. The first-order valence-corrected chi connectivity index (χ1v) is 4.74. The van der Waals surface area contributed by atoms with Crippen molar-refractivity contribution in [2.45, 2.75) is 5.03 Å². The third-order valence-corrected chi connectivity index (χ3v) is 2.16. The molecule has 0 aliphatic carbocycles. The fourth-order valence-corrected chi connectivity index (χ4v) is 1.15. The van der Waals surface area contributed by atoms with Crippen LogP contribution >= 0.6 is 15.9 Å². The minimum absolute atomic E-state index is 0.569. The van der Waals surface area contributed by atoms with E-state index in [-0.39, 0.29) is 0 Å². The summed E-state index contributed by atoms with van der Waals surface area (Å²) in [5, 5.41) is -0.569. The van der Waals surface area contributed by atoms with Crippen molar-refractivity contribution in [1.82, 2.24) is 4.98 Å². The zero-order valence-corrected chi connectivity index (χ0v) is 7.56. The molecule has 0 saturated carbocycles. The average Bonchev–Trinajstić information content (AvgIpc) is 1.86. The van der Waals surface area contributed by atoms with Crippen molar-refractivity contribution in [3.8, 4) is 0 Å². The van der Waals surface area contributed by atoms with E-state index >= 15 is 0 Å². The van der Waals surface area contributed by atoms with Crippen LogP contribution < -0.4 is 0 Å². The Morgan fingerprint density at radius 1 is 1.45 bits per heavy atom. The van der Waals surface area contributed by atoms with E-state index in [1.54, 1.807) is 0 Å². The summed E-state index contributed by atoms with van der Waals surface area (Å²) in [6, 6.07) is 2.48. The molecule has 0 aliphatic heterocycles. The second-order valence-electron chi connectivity index (χ2n) is 1.75. The van der Waals surface area contributed by atoms with E-state index in [1.807, 2.05) is 0 Å². The molecule has 0 aliphatic rings. The molecule has 0 atom stereocenters. The summed E-state index contributed by atoms with van der Waals surface area (Å²) in [6.45, 7) is 0. The van der Waals surface area contributed by atoms with Gasteiger partial charge in [0.15, 0.2) is 5.03 Å². The molecule has 1 heterocycles. The van der Waals surface area contributed by atoms with Gasteiger partial charge in [0, 0.05) is 10.7 Å². The van der Waals surface area contributed by atoms with Crippen LogP contribution in [0.15, 0.2) is 27.8 Å². The van der Waals surface area contributed by atoms with Crippen LogP contribution in [0.2, 0.25) is 0 Å². The van der Waals surface area contributed by atoms with Crippen molar-refractivity contribution in [2.75, 3.05) is 0 Å². The summed E-state index contributed by atoms with van der Waals surface area (Å²) >= 11 is 3.03. The van der Waals surface area contributed by atoms with Crippen molar-refractivity contribution in [2.24, 2.45) is 0 Å². The number of nitrogens with zero attached hydrogens (tertiary/aromatic N) is 1. The molecule has 1 aromatic heterocycles. The highest BCUT2D eigenvalue weighted by Crippen LogP contribution is 2.12. The van der Waals surface area contributed by atoms with E-state index in [2.05, 4.69) is 20.9 Å². The highest BCUT2D eigenvalue weighted by molar-refractivity contribution is 9.10. The quantitative estimate of drug-likeness (QED) is 0.699. The number of pyridine rings is 1. The van der Waals surface area contributed by atoms with Crippen molar-refractivity contribution in [1.29, 1.82) is 0 Å². The van der Waals surface area contributed by atoms with E-state index in [9.17, 15) is 12.3 Å². The topological polar surface area (TPSA) is 47.0 Å². The molecule has 0 saturated heterocycles. The molecule has 0 bridgehead atoms. The monoisotopic (exact) mass is 239 g/mol. The molecular weight excluding hydrogens is 237 g/mol. The van der Waals surface area contributed by atoms with Crippen LogP contribution in [0, 0.1) is 0 Å². The molecule has 0 spiro atoms. The third kappa shape index (κ3) is 2.23. The van der Waals surface area contributed by atoms with Gasteiger partial charge in [-0.2, -0.15) is 8.42 Å². The molecule has 0 N–H and O–H groups in total. The highest BCUT2D eigenvalue weighted by Gasteiger charge is 2.11. The van der Waals surface area contributed by atoms with Gasteiger partial charge in [0.05, 0.1) is 0 Å². The molecular formula is C5H3BrFNO2S. The van der Waals surface area contributed by atoms with E-state index in [1.165, 1.54) is 12.3 Å². The van der Waals surface area contributed by atoms with Crippen LogP contribution in [0.3, 0.4) is 0 Å². The summed E-state index contributed by atoms with van der Waals surface area (Å²) < 4.78 is 33.1. The lowest BCUT2D eigenvalue weighted by atomic mass is 10.5. The van der Waals surface area contributed by atoms with Crippen molar-refractivity contribution in [3.05, 3.63) is 22.8 Å². The molecule has 1 rings (SSSR count). The van der Waals surface area contributed by atoms with E-state index < -0.39 is 15.2 Å². The molecule has 3 nitrogen and oxygen atoms in total. The fourth-order valence-electron chi connectivity index (χ4n) is 0.506. The first-order valence-electron chi connectivity index (χ1n) is 2.56. The summed E-state index contributed by atoms with van der Waals surface area (Å²) in [7, 11) is -4.65. The minimum atomic E-state index is -4.65. The van der Waals surface area contributed by atoms with Gasteiger partial charge in [0.1, 0.15) is 0 Å². The van der Waals surface area contributed by atoms with Crippen LogP contribution in [0.5, 0.6) is 0 Å². The first-order chi connectivity index (χ1) is 5.00.